The van der Waals surface area contributed by atoms with Gasteiger partial charge in [-0.3, -0.25) is 9.59 Å². The van der Waals surface area contributed by atoms with E-state index < -0.39 is 17.9 Å². The van der Waals surface area contributed by atoms with Crippen LogP contribution in [0.15, 0.2) is 24.3 Å². The van der Waals surface area contributed by atoms with Crippen LogP contribution in [0.5, 0.6) is 5.75 Å². The summed E-state index contributed by atoms with van der Waals surface area (Å²) >= 11 is 0. The summed E-state index contributed by atoms with van der Waals surface area (Å²) in [6.45, 7) is 2.36. The molecule has 0 saturated carbocycles. The van der Waals surface area contributed by atoms with Crippen LogP contribution in [0, 0.1) is 17.2 Å². The monoisotopic (exact) mass is 344 g/mol. The molecule has 134 valence electrons. The zero-order valence-corrected chi connectivity index (χ0v) is 14.7. The van der Waals surface area contributed by atoms with Gasteiger partial charge in [0.2, 0.25) is 5.91 Å². The van der Waals surface area contributed by atoms with Gasteiger partial charge in [0.15, 0.2) is 6.61 Å². The van der Waals surface area contributed by atoms with Crippen molar-refractivity contribution in [2.45, 2.75) is 38.6 Å². The van der Waals surface area contributed by atoms with Gasteiger partial charge in [0.1, 0.15) is 11.8 Å². The molecule has 2 rings (SSSR count). The largest absolute Gasteiger partial charge is 0.496 e. The Bertz CT molecular complexity index is 653. The average Bonchev–Trinajstić information content (AvgIpc) is 2.64. The van der Waals surface area contributed by atoms with Gasteiger partial charge in [0.05, 0.1) is 19.1 Å². The van der Waals surface area contributed by atoms with Crippen molar-refractivity contribution in [3.05, 3.63) is 29.8 Å². The van der Waals surface area contributed by atoms with Gasteiger partial charge < -0.3 is 14.4 Å². The molecular weight excluding hydrogens is 320 g/mol. The summed E-state index contributed by atoms with van der Waals surface area (Å²) in [7, 11) is 1.57. The Morgan fingerprint density at radius 3 is 2.84 bits per heavy atom. The van der Waals surface area contributed by atoms with Gasteiger partial charge in [0, 0.05) is 18.5 Å². The maximum Gasteiger partial charge on any atom is 0.312 e. The maximum atomic E-state index is 12.5. The minimum absolute atomic E-state index is 0.0358. The lowest BCUT2D eigenvalue weighted by Gasteiger charge is -2.40. The molecular formula is C19H24N2O4. The first kappa shape index (κ1) is 18.8. The molecule has 0 aliphatic carbocycles. The van der Waals surface area contributed by atoms with Gasteiger partial charge in [-0.1, -0.05) is 31.5 Å². The lowest BCUT2D eigenvalue weighted by atomic mass is 9.83. The molecule has 6 nitrogen and oxygen atoms in total. The van der Waals surface area contributed by atoms with Crippen molar-refractivity contribution in [1.82, 2.24) is 4.90 Å². The molecule has 0 unspecified atom stereocenters. The van der Waals surface area contributed by atoms with E-state index in [4.69, 9.17) is 14.7 Å². The van der Waals surface area contributed by atoms with Gasteiger partial charge in [-0.2, -0.15) is 5.26 Å². The van der Waals surface area contributed by atoms with E-state index in [9.17, 15) is 9.59 Å². The summed E-state index contributed by atoms with van der Waals surface area (Å²) in [6, 6.07) is 8.81. The molecule has 1 aliphatic rings. The molecule has 1 aliphatic heterocycles. The molecule has 0 spiro atoms. The second-order valence-corrected chi connectivity index (χ2v) is 6.04. The number of esters is 1. The normalized spacial score (nSPS) is 20.0. The van der Waals surface area contributed by atoms with Crippen molar-refractivity contribution in [2.75, 3.05) is 20.3 Å². The van der Waals surface area contributed by atoms with E-state index in [1.807, 2.05) is 30.3 Å². The molecule has 0 aromatic heterocycles. The third-order valence-corrected chi connectivity index (χ3v) is 4.50. The number of benzene rings is 1. The molecule has 2 atom stereocenters. The SMILES string of the molecule is CCCCN1C(=O)CC[C@@H](C(=O)OCC#N)[C@@H]1c1ccccc1OC. The van der Waals surface area contributed by atoms with Crippen molar-refractivity contribution >= 4 is 11.9 Å². The summed E-state index contributed by atoms with van der Waals surface area (Å²) < 4.78 is 10.5. The van der Waals surface area contributed by atoms with Crippen LogP contribution in [0.4, 0.5) is 0 Å². The number of ether oxygens (including phenoxy) is 2. The molecule has 0 bridgehead atoms. The van der Waals surface area contributed by atoms with Gasteiger partial charge in [-0.15, -0.1) is 0 Å². The Hall–Kier alpha value is -2.55. The first-order chi connectivity index (χ1) is 12.1. The highest BCUT2D eigenvalue weighted by Gasteiger charge is 2.42. The van der Waals surface area contributed by atoms with Crippen LogP contribution < -0.4 is 4.74 Å². The highest BCUT2D eigenvalue weighted by Crippen LogP contribution is 2.41. The number of amides is 1. The molecule has 0 radical (unpaired) electrons. The number of carbonyl (C=O) groups excluding carboxylic acids is 2. The Labute approximate surface area is 148 Å². The maximum absolute atomic E-state index is 12.5. The zero-order chi connectivity index (χ0) is 18.2. The quantitative estimate of drug-likeness (QED) is 0.711. The number of nitrogens with zero attached hydrogens (tertiary/aromatic N) is 2. The number of para-hydroxylation sites is 1. The fraction of sp³-hybridized carbons (Fsp3) is 0.526. The minimum atomic E-state index is -0.501. The van der Waals surface area contributed by atoms with E-state index in [-0.39, 0.29) is 12.5 Å². The second-order valence-electron chi connectivity index (χ2n) is 6.04. The molecule has 1 heterocycles. The molecule has 1 amide bonds. The van der Waals surface area contributed by atoms with Crippen molar-refractivity contribution in [1.29, 1.82) is 5.26 Å². The van der Waals surface area contributed by atoms with Crippen LogP contribution in [0.3, 0.4) is 0 Å². The summed E-state index contributed by atoms with van der Waals surface area (Å²) in [5, 5.41) is 8.68. The number of likely N-dealkylation sites (tertiary alicyclic amines) is 1. The van der Waals surface area contributed by atoms with Crippen molar-refractivity contribution < 1.29 is 19.1 Å². The fourth-order valence-electron chi connectivity index (χ4n) is 3.30. The Morgan fingerprint density at radius 1 is 1.40 bits per heavy atom. The van der Waals surface area contributed by atoms with E-state index in [1.54, 1.807) is 12.0 Å². The molecule has 25 heavy (non-hydrogen) atoms. The minimum Gasteiger partial charge on any atom is -0.496 e. The third-order valence-electron chi connectivity index (χ3n) is 4.50. The predicted molar refractivity (Wildman–Crippen MR) is 91.7 cm³/mol. The first-order valence-electron chi connectivity index (χ1n) is 8.60. The number of rotatable bonds is 7. The summed E-state index contributed by atoms with van der Waals surface area (Å²) in [5.74, 6) is -0.263. The third kappa shape index (κ3) is 4.30. The number of hydrogen-bond acceptors (Lipinski definition) is 5. The van der Waals surface area contributed by atoms with E-state index in [1.165, 1.54) is 0 Å². The van der Waals surface area contributed by atoms with Crippen LogP contribution in [-0.4, -0.2) is 37.0 Å². The molecule has 6 heteroatoms. The topological polar surface area (TPSA) is 79.6 Å². The molecule has 1 fully saturated rings. The summed E-state index contributed by atoms with van der Waals surface area (Å²) in [6.07, 6.45) is 2.53. The second kappa shape index (κ2) is 9.07. The fourth-order valence-corrected chi connectivity index (χ4v) is 3.30. The highest BCUT2D eigenvalue weighted by atomic mass is 16.5. The van der Waals surface area contributed by atoms with Crippen LogP contribution in [0.2, 0.25) is 0 Å². The lowest BCUT2D eigenvalue weighted by molar-refractivity contribution is -0.156. The van der Waals surface area contributed by atoms with E-state index in [2.05, 4.69) is 6.92 Å². The average molecular weight is 344 g/mol. The Balaban J connectivity index is 2.42. The van der Waals surface area contributed by atoms with Crippen molar-refractivity contribution in [3.63, 3.8) is 0 Å². The number of methoxy groups -OCH3 is 1. The van der Waals surface area contributed by atoms with E-state index in [0.29, 0.717) is 25.1 Å². The van der Waals surface area contributed by atoms with E-state index in [0.717, 1.165) is 18.4 Å². The molecule has 0 N–H and O–H groups in total. The number of hydrogen-bond donors (Lipinski definition) is 0. The molecule has 1 aromatic carbocycles. The summed E-state index contributed by atoms with van der Waals surface area (Å²) in [5.41, 5.74) is 0.799. The smallest absolute Gasteiger partial charge is 0.312 e. The Kier molecular flexibility index (Phi) is 6.81. The van der Waals surface area contributed by atoms with Gasteiger partial charge >= 0.3 is 5.97 Å². The number of unbranched alkanes of at least 4 members (excludes halogenated alkanes) is 1. The van der Waals surface area contributed by atoms with E-state index >= 15 is 0 Å². The van der Waals surface area contributed by atoms with Gasteiger partial charge in [-0.05, 0) is 18.9 Å². The highest BCUT2D eigenvalue weighted by molar-refractivity contribution is 5.82. The Morgan fingerprint density at radius 2 is 2.16 bits per heavy atom. The van der Waals surface area contributed by atoms with Gasteiger partial charge in [-0.25, -0.2) is 0 Å². The van der Waals surface area contributed by atoms with Crippen LogP contribution in [0.1, 0.15) is 44.2 Å². The van der Waals surface area contributed by atoms with Gasteiger partial charge in [0.25, 0.3) is 0 Å². The number of carbonyl (C=O) groups is 2. The van der Waals surface area contributed by atoms with Crippen molar-refractivity contribution in [3.8, 4) is 11.8 Å². The van der Waals surface area contributed by atoms with Crippen molar-refractivity contribution in [2.24, 2.45) is 5.92 Å². The van der Waals surface area contributed by atoms with Crippen LogP contribution in [-0.2, 0) is 14.3 Å². The standard InChI is InChI=1S/C19H24N2O4/c1-3-4-12-21-17(22)10-9-15(19(23)25-13-11-20)18(21)14-7-5-6-8-16(14)24-2/h5-8,15,18H,3-4,9-10,12-13H2,1-2H3/t15-,18+/m1/s1. The lowest BCUT2D eigenvalue weighted by Crippen LogP contribution is -2.46. The number of nitriles is 1. The van der Waals surface area contributed by atoms with Crippen LogP contribution >= 0.6 is 0 Å². The zero-order valence-electron chi connectivity index (χ0n) is 14.7. The summed E-state index contributed by atoms with van der Waals surface area (Å²) in [4.78, 5) is 26.8. The number of piperidine rings is 1. The van der Waals surface area contributed by atoms with Crippen LogP contribution in [0.25, 0.3) is 0 Å². The predicted octanol–water partition coefficient (Wildman–Crippen LogP) is 2.84. The molecule has 1 aromatic rings. The first-order valence-corrected chi connectivity index (χ1v) is 8.60. The molecule has 1 saturated heterocycles.